The second-order valence-electron chi connectivity index (χ2n) is 5.61. The number of esters is 2. The first kappa shape index (κ1) is 18.8. The third-order valence-electron chi connectivity index (χ3n) is 4.01. The Kier molecular flexibility index (Phi) is 5.18. The van der Waals surface area contributed by atoms with Crippen LogP contribution in [0.5, 0.6) is 0 Å². The van der Waals surface area contributed by atoms with Gasteiger partial charge in [-0.1, -0.05) is 18.2 Å². The molecule has 0 saturated heterocycles. The van der Waals surface area contributed by atoms with Crippen LogP contribution in [0, 0.1) is 17.1 Å². The maximum atomic E-state index is 13.7. The number of aromatic nitrogens is 2. The van der Waals surface area contributed by atoms with Crippen molar-refractivity contribution in [2.24, 2.45) is 0 Å². The molecule has 2 aromatic carbocycles. The van der Waals surface area contributed by atoms with E-state index >= 15 is 0 Å². The van der Waals surface area contributed by atoms with Gasteiger partial charge in [0.15, 0.2) is 5.69 Å². The van der Waals surface area contributed by atoms with E-state index in [1.807, 2.05) is 0 Å². The number of nitrogens with zero attached hydrogens (tertiary/aromatic N) is 3. The molecular weight excluding hydrogens is 365 g/mol. The monoisotopic (exact) mass is 379 g/mol. The molecule has 7 nitrogen and oxygen atoms in total. The van der Waals surface area contributed by atoms with E-state index in [2.05, 4.69) is 5.10 Å². The summed E-state index contributed by atoms with van der Waals surface area (Å²) in [5.41, 5.74) is 0.335. The van der Waals surface area contributed by atoms with Gasteiger partial charge in [-0.2, -0.15) is 10.4 Å². The fourth-order valence-corrected chi connectivity index (χ4v) is 2.72. The van der Waals surface area contributed by atoms with E-state index in [-0.39, 0.29) is 28.1 Å². The number of nitriles is 1. The Bertz CT molecular complexity index is 1100. The molecule has 0 radical (unpaired) electrons. The topological polar surface area (TPSA) is 94.2 Å². The van der Waals surface area contributed by atoms with E-state index in [9.17, 15) is 14.0 Å². The van der Waals surface area contributed by atoms with Gasteiger partial charge in [0.05, 0.1) is 25.5 Å². The van der Waals surface area contributed by atoms with Crippen molar-refractivity contribution >= 4 is 11.9 Å². The summed E-state index contributed by atoms with van der Waals surface area (Å²) in [5, 5.41) is 13.5. The number of hydrogen-bond donors (Lipinski definition) is 0. The summed E-state index contributed by atoms with van der Waals surface area (Å²) in [6.45, 7) is 0. The molecule has 0 bridgehead atoms. The Labute approximate surface area is 159 Å². The summed E-state index contributed by atoms with van der Waals surface area (Å²) in [7, 11) is 2.34. The molecule has 0 atom stereocenters. The number of methoxy groups -OCH3 is 2. The lowest BCUT2D eigenvalue weighted by Crippen LogP contribution is -2.15. The van der Waals surface area contributed by atoms with Gasteiger partial charge in [0.2, 0.25) is 0 Å². The molecule has 0 spiro atoms. The van der Waals surface area contributed by atoms with Crippen LogP contribution >= 0.6 is 0 Å². The molecule has 0 unspecified atom stereocenters. The van der Waals surface area contributed by atoms with E-state index < -0.39 is 17.8 Å². The molecule has 0 amide bonds. The Morgan fingerprint density at radius 1 is 1.07 bits per heavy atom. The van der Waals surface area contributed by atoms with Gasteiger partial charge in [0.1, 0.15) is 23.1 Å². The van der Waals surface area contributed by atoms with E-state index in [1.54, 1.807) is 36.4 Å². The number of halogens is 1. The van der Waals surface area contributed by atoms with Crippen molar-refractivity contribution in [3.05, 3.63) is 71.2 Å². The third kappa shape index (κ3) is 3.21. The van der Waals surface area contributed by atoms with Crippen molar-refractivity contribution in [3.8, 4) is 23.0 Å². The van der Waals surface area contributed by atoms with Crippen LogP contribution in [0.4, 0.5) is 4.39 Å². The molecule has 0 aliphatic heterocycles. The van der Waals surface area contributed by atoms with Crippen molar-refractivity contribution in [2.75, 3.05) is 14.2 Å². The lowest BCUT2D eigenvalue weighted by atomic mass is 10.0. The van der Waals surface area contributed by atoms with Gasteiger partial charge in [0, 0.05) is 5.56 Å². The minimum absolute atomic E-state index is 0.0626. The summed E-state index contributed by atoms with van der Waals surface area (Å²) >= 11 is 0. The standard InChI is InChI=1S/C20H14FN3O4/c1-27-19(25)16-17(12-8-9-15(21)13(10-12)11-22)23-24(18(16)20(26)28-2)14-6-4-3-5-7-14/h3-10H,1-2H3. The summed E-state index contributed by atoms with van der Waals surface area (Å²) in [5.74, 6) is -2.33. The largest absolute Gasteiger partial charge is 0.465 e. The lowest BCUT2D eigenvalue weighted by Gasteiger charge is -2.07. The van der Waals surface area contributed by atoms with Gasteiger partial charge in [-0.3, -0.25) is 0 Å². The van der Waals surface area contributed by atoms with Gasteiger partial charge in [0.25, 0.3) is 0 Å². The van der Waals surface area contributed by atoms with E-state index in [1.165, 1.54) is 31.0 Å². The van der Waals surface area contributed by atoms with Crippen LogP contribution in [0.25, 0.3) is 16.9 Å². The highest BCUT2D eigenvalue weighted by Crippen LogP contribution is 2.30. The minimum Gasteiger partial charge on any atom is -0.465 e. The van der Waals surface area contributed by atoms with Crippen molar-refractivity contribution in [2.45, 2.75) is 0 Å². The first-order valence-corrected chi connectivity index (χ1v) is 8.07. The van der Waals surface area contributed by atoms with Crippen LogP contribution in [0.3, 0.4) is 0 Å². The van der Waals surface area contributed by atoms with Crippen LogP contribution in [0.15, 0.2) is 48.5 Å². The lowest BCUT2D eigenvalue weighted by molar-refractivity contribution is 0.0549. The van der Waals surface area contributed by atoms with Crippen molar-refractivity contribution in [3.63, 3.8) is 0 Å². The quantitative estimate of drug-likeness (QED) is 0.647. The molecule has 28 heavy (non-hydrogen) atoms. The minimum atomic E-state index is -0.819. The summed E-state index contributed by atoms with van der Waals surface area (Å²) in [4.78, 5) is 25.0. The fraction of sp³-hybridized carbons (Fsp3) is 0.100. The van der Waals surface area contributed by atoms with E-state index in [0.717, 1.165) is 6.07 Å². The van der Waals surface area contributed by atoms with Crippen LogP contribution in [0.1, 0.15) is 26.4 Å². The van der Waals surface area contributed by atoms with E-state index in [0.29, 0.717) is 5.69 Å². The first-order valence-electron chi connectivity index (χ1n) is 8.07. The Morgan fingerprint density at radius 2 is 1.75 bits per heavy atom. The zero-order valence-corrected chi connectivity index (χ0v) is 15.0. The zero-order valence-electron chi connectivity index (χ0n) is 15.0. The highest BCUT2D eigenvalue weighted by atomic mass is 19.1. The predicted molar refractivity (Wildman–Crippen MR) is 96.4 cm³/mol. The SMILES string of the molecule is COC(=O)c1c(-c2ccc(F)c(C#N)c2)nn(-c2ccccc2)c1C(=O)OC. The molecule has 140 valence electrons. The average Bonchev–Trinajstić information content (AvgIpc) is 3.14. The van der Waals surface area contributed by atoms with Gasteiger partial charge in [-0.15, -0.1) is 0 Å². The van der Waals surface area contributed by atoms with Crippen LogP contribution in [0.2, 0.25) is 0 Å². The van der Waals surface area contributed by atoms with Crippen molar-refractivity contribution in [1.29, 1.82) is 5.26 Å². The molecule has 0 aliphatic rings. The second-order valence-corrected chi connectivity index (χ2v) is 5.61. The average molecular weight is 379 g/mol. The Balaban J connectivity index is 2.37. The van der Waals surface area contributed by atoms with Gasteiger partial charge in [-0.25, -0.2) is 18.7 Å². The fourth-order valence-electron chi connectivity index (χ4n) is 2.72. The number of ether oxygens (including phenoxy) is 2. The predicted octanol–water partition coefficient (Wildman–Crippen LogP) is 3.12. The van der Waals surface area contributed by atoms with E-state index in [4.69, 9.17) is 14.7 Å². The van der Waals surface area contributed by atoms with Crippen molar-refractivity contribution in [1.82, 2.24) is 9.78 Å². The molecule has 3 aromatic rings. The summed E-state index contributed by atoms with van der Waals surface area (Å²) in [6.07, 6.45) is 0. The number of hydrogen-bond acceptors (Lipinski definition) is 6. The normalized spacial score (nSPS) is 10.2. The molecule has 0 N–H and O–H groups in total. The molecule has 1 aromatic heterocycles. The molecule has 3 rings (SSSR count). The number of carbonyl (C=O) groups excluding carboxylic acids is 2. The molecule has 8 heteroatoms. The van der Waals surface area contributed by atoms with Crippen molar-refractivity contribution < 1.29 is 23.5 Å². The Morgan fingerprint density at radius 3 is 2.36 bits per heavy atom. The first-order chi connectivity index (χ1) is 13.5. The zero-order chi connectivity index (χ0) is 20.3. The maximum Gasteiger partial charge on any atom is 0.357 e. The molecule has 0 fully saturated rings. The van der Waals surface area contributed by atoms with Gasteiger partial charge < -0.3 is 9.47 Å². The highest BCUT2D eigenvalue weighted by molar-refractivity contribution is 6.06. The number of rotatable bonds is 4. The second kappa shape index (κ2) is 7.72. The Hall–Kier alpha value is -3.99. The van der Waals surface area contributed by atoms with Crippen LogP contribution < -0.4 is 0 Å². The van der Waals surface area contributed by atoms with Gasteiger partial charge in [-0.05, 0) is 30.3 Å². The number of carbonyl (C=O) groups is 2. The molecule has 0 aliphatic carbocycles. The maximum absolute atomic E-state index is 13.7. The molecular formula is C20H14FN3O4. The van der Waals surface area contributed by atoms with Crippen LogP contribution in [-0.2, 0) is 9.47 Å². The third-order valence-corrected chi connectivity index (χ3v) is 4.01. The summed E-state index contributed by atoms with van der Waals surface area (Å²) in [6, 6.07) is 14.1. The number of benzene rings is 2. The molecule has 0 saturated carbocycles. The highest BCUT2D eigenvalue weighted by Gasteiger charge is 2.31. The van der Waals surface area contributed by atoms with Gasteiger partial charge >= 0.3 is 11.9 Å². The number of para-hydroxylation sites is 1. The smallest absolute Gasteiger partial charge is 0.357 e. The molecule has 1 heterocycles. The van der Waals surface area contributed by atoms with Crippen LogP contribution in [-0.4, -0.2) is 35.9 Å². The summed E-state index contributed by atoms with van der Waals surface area (Å²) < 4.78 is 24.6.